The molecule has 0 atom stereocenters. The topological polar surface area (TPSA) is 61.8 Å². The summed E-state index contributed by atoms with van der Waals surface area (Å²) < 4.78 is 13.7. The monoisotopic (exact) mass is 210 g/mol. The molecule has 0 N–H and O–H groups in total. The standard InChI is InChI=1S/C10H10O5/c11-7-13-8-15-10(12)6-14-9-4-2-1-3-5-9/h1-5,7H,6,8H2. The third-order valence-corrected chi connectivity index (χ3v) is 1.46. The van der Waals surface area contributed by atoms with Gasteiger partial charge in [0.15, 0.2) is 6.61 Å². The minimum Gasteiger partial charge on any atom is -0.482 e. The lowest BCUT2D eigenvalue weighted by Gasteiger charge is -2.05. The molecule has 0 fully saturated rings. The molecule has 0 aliphatic heterocycles. The van der Waals surface area contributed by atoms with Gasteiger partial charge in [0.2, 0.25) is 6.79 Å². The fraction of sp³-hybridized carbons (Fsp3) is 0.200. The number of benzene rings is 1. The Balaban J connectivity index is 2.20. The lowest BCUT2D eigenvalue weighted by atomic mass is 10.3. The van der Waals surface area contributed by atoms with Crippen molar-refractivity contribution in [1.29, 1.82) is 0 Å². The van der Waals surface area contributed by atoms with Crippen LogP contribution in [-0.4, -0.2) is 25.8 Å². The van der Waals surface area contributed by atoms with Crippen molar-refractivity contribution in [3.63, 3.8) is 0 Å². The second-order valence-electron chi connectivity index (χ2n) is 2.50. The Kier molecular flexibility index (Phi) is 4.72. The fourth-order valence-electron chi connectivity index (χ4n) is 0.828. The zero-order chi connectivity index (χ0) is 10.9. The molecule has 5 nitrogen and oxygen atoms in total. The summed E-state index contributed by atoms with van der Waals surface area (Å²) in [5.41, 5.74) is 0. The molecule has 0 saturated heterocycles. The fourth-order valence-corrected chi connectivity index (χ4v) is 0.828. The summed E-state index contributed by atoms with van der Waals surface area (Å²) in [4.78, 5) is 20.7. The number of hydrogen-bond acceptors (Lipinski definition) is 5. The van der Waals surface area contributed by atoms with Crippen LogP contribution in [0.25, 0.3) is 0 Å². The van der Waals surface area contributed by atoms with Gasteiger partial charge in [-0.05, 0) is 12.1 Å². The SMILES string of the molecule is O=COCOC(=O)COc1ccccc1. The number of rotatable bonds is 6. The van der Waals surface area contributed by atoms with Gasteiger partial charge in [-0.3, -0.25) is 4.79 Å². The number of para-hydroxylation sites is 1. The molecule has 15 heavy (non-hydrogen) atoms. The van der Waals surface area contributed by atoms with Crippen molar-refractivity contribution >= 4 is 12.4 Å². The highest BCUT2D eigenvalue weighted by Gasteiger charge is 2.03. The van der Waals surface area contributed by atoms with Crippen molar-refractivity contribution in [2.75, 3.05) is 13.4 Å². The molecule has 0 amide bonds. The molecule has 1 rings (SSSR count). The summed E-state index contributed by atoms with van der Waals surface area (Å²) in [5.74, 6) is -0.0218. The van der Waals surface area contributed by atoms with Gasteiger partial charge in [-0.1, -0.05) is 18.2 Å². The lowest BCUT2D eigenvalue weighted by molar-refractivity contribution is -0.161. The smallest absolute Gasteiger partial charge is 0.347 e. The van der Waals surface area contributed by atoms with Gasteiger partial charge in [-0.2, -0.15) is 0 Å². The van der Waals surface area contributed by atoms with Crippen LogP contribution in [0.5, 0.6) is 5.75 Å². The number of esters is 1. The molecule has 0 heterocycles. The van der Waals surface area contributed by atoms with Gasteiger partial charge in [-0.15, -0.1) is 0 Å². The van der Waals surface area contributed by atoms with E-state index in [1.54, 1.807) is 24.3 Å². The first-order valence-electron chi connectivity index (χ1n) is 4.21. The van der Waals surface area contributed by atoms with E-state index in [1.807, 2.05) is 6.07 Å². The van der Waals surface area contributed by atoms with E-state index < -0.39 is 5.97 Å². The Morgan fingerprint density at radius 3 is 2.67 bits per heavy atom. The first-order chi connectivity index (χ1) is 7.33. The van der Waals surface area contributed by atoms with E-state index >= 15 is 0 Å². The number of carbonyl (C=O) groups is 2. The van der Waals surface area contributed by atoms with E-state index in [9.17, 15) is 9.59 Å². The first-order valence-corrected chi connectivity index (χ1v) is 4.21. The van der Waals surface area contributed by atoms with E-state index in [-0.39, 0.29) is 19.9 Å². The van der Waals surface area contributed by atoms with Crippen molar-refractivity contribution in [2.24, 2.45) is 0 Å². The number of ether oxygens (including phenoxy) is 3. The highest BCUT2D eigenvalue weighted by atomic mass is 16.7. The zero-order valence-electron chi connectivity index (χ0n) is 7.92. The summed E-state index contributed by atoms with van der Waals surface area (Å²) in [6, 6.07) is 8.85. The van der Waals surface area contributed by atoms with E-state index in [0.29, 0.717) is 5.75 Å². The maximum atomic E-state index is 10.9. The second-order valence-corrected chi connectivity index (χ2v) is 2.50. The Morgan fingerprint density at radius 2 is 2.00 bits per heavy atom. The zero-order valence-corrected chi connectivity index (χ0v) is 7.92. The Morgan fingerprint density at radius 1 is 1.27 bits per heavy atom. The molecule has 0 saturated carbocycles. The predicted molar refractivity (Wildman–Crippen MR) is 50.0 cm³/mol. The van der Waals surface area contributed by atoms with Crippen LogP contribution in [0, 0.1) is 0 Å². The molecule has 0 aliphatic carbocycles. The van der Waals surface area contributed by atoms with E-state index in [2.05, 4.69) is 9.47 Å². The highest BCUT2D eigenvalue weighted by molar-refractivity contribution is 5.71. The quantitative estimate of drug-likeness (QED) is 0.300. The predicted octanol–water partition coefficient (Wildman–Crippen LogP) is 0.739. The average molecular weight is 210 g/mol. The normalized spacial score (nSPS) is 9.07. The second kappa shape index (κ2) is 6.42. The molecule has 0 unspecified atom stereocenters. The van der Waals surface area contributed by atoms with Crippen LogP contribution in [0.4, 0.5) is 0 Å². The third-order valence-electron chi connectivity index (χ3n) is 1.46. The van der Waals surface area contributed by atoms with Gasteiger partial charge < -0.3 is 14.2 Å². The van der Waals surface area contributed by atoms with Crippen LogP contribution in [0.15, 0.2) is 30.3 Å². The highest BCUT2D eigenvalue weighted by Crippen LogP contribution is 2.07. The molecule has 1 aromatic carbocycles. The molecular weight excluding hydrogens is 200 g/mol. The van der Waals surface area contributed by atoms with Gasteiger partial charge in [-0.25, -0.2) is 4.79 Å². The molecule has 0 aliphatic rings. The van der Waals surface area contributed by atoms with Crippen molar-refractivity contribution in [1.82, 2.24) is 0 Å². The summed E-state index contributed by atoms with van der Waals surface area (Å²) in [6.07, 6.45) is 0. The Labute approximate surface area is 86.6 Å². The summed E-state index contributed by atoms with van der Waals surface area (Å²) in [6.45, 7) is -0.405. The van der Waals surface area contributed by atoms with E-state index in [1.165, 1.54) is 0 Å². The molecular formula is C10H10O5. The Hall–Kier alpha value is -2.04. The minimum atomic E-state index is -0.597. The molecule has 1 aromatic rings. The maximum Gasteiger partial charge on any atom is 0.347 e. The molecule has 0 radical (unpaired) electrons. The largest absolute Gasteiger partial charge is 0.482 e. The lowest BCUT2D eigenvalue weighted by Crippen LogP contribution is -2.16. The third kappa shape index (κ3) is 4.66. The number of carbonyl (C=O) groups excluding carboxylic acids is 2. The first kappa shape index (κ1) is 11.0. The van der Waals surface area contributed by atoms with Crippen LogP contribution in [0.3, 0.4) is 0 Å². The van der Waals surface area contributed by atoms with Crippen molar-refractivity contribution in [3.05, 3.63) is 30.3 Å². The van der Waals surface area contributed by atoms with Crippen molar-refractivity contribution in [3.8, 4) is 5.75 Å². The van der Waals surface area contributed by atoms with Crippen molar-refractivity contribution in [2.45, 2.75) is 0 Å². The van der Waals surface area contributed by atoms with Crippen molar-refractivity contribution < 1.29 is 23.8 Å². The molecule has 5 heteroatoms. The van der Waals surface area contributed by atoms with Gasteiger partial charge >= 0.3 is 5.97 Å². The molecule has 80 valence electrons. The van der Waals surface area contributed by atoms with Gasteiger partial charge in [0.1, 0.15) is 5.75 Å². The van der Waals surface area contributed by atoms with E-state index in [0.717, 1.165) is 0 Å². The molecule has 0 spiro atoms. The van der Waals surface area contributed by atoms with Gasteiger partial charge in [0, 0.05) is 0 Å². The average Bonchev–Trinajstić information content (AvgIpc) is 2.28. The van der Waals surface area contributed by atoms with E-state index in [4.69, 9.17) is 4.74 Å². The van der Waals surface area contributed by atoms with Gasteiger partial charge in [0.25, 0.3) is 6.47 Å². The molecule has 0 bridgehead atoms. The summed E-state index contributed by atoms with van der Waals surface area (Å²) >= 11 is 0. The molecule has 0 aromatic heterocycles. The number of hydrogen-bond donors (Lipinski definition) is 0. The van der Waals surface area contributed by atoms with Crippen LogP contribution in [0.1, 0.15) is 0 Å². The Bertz CT molecular complexity index is 309. The summed E-state index contributed by atoms with van der Waals surface area (Å²) in [5, 5.41) is 0. The minimum absolute atomic E-state index is 0.200. The van der Waals surface area contributed by atoms with Crippen LogP contribution in [0.2, 0.25) is 0 Å². The van der Waals surface area contributed by atoms with Crippen LogP contribution in [-0.2, 0) is 19.1 Å². The van der Waals surface area contributed by atoms with Crippen LogP contribution >= 0.6 is 0 Å². The van der Waals surface area contributed by atoms with Gasteiger partial charge in [0.05, 0.1) is 0 Å². The summed E-state index contributed by atoms with van der Waals surface area (Å²) in [7, 11) is 0. The van der Waals surface area contributed by atoms with Crippen LogP contribution < -0.4 is 4.74 Å². The maximum absolute atomic E-state index is 10.9.